The van der Waals surface area contributed by atoms with E-state index in [2.05, 4.69) is 5.32 Å². The smallest absolute Gasteiger partial charge is 0.254 e. The molecule has 0 radical (unpaired) electrons. The Kier molecular flexibility index (Phi) is 4.18. The lowest BCUT2D eigenvalue weighted by Gasteiger charge is -2.15. The molecule has 104 valence electrons. The average Bonchev–Trinajstić information content (AvgIpc) is 2.42. The van der Waals surface area contributed by atoms with Gasteiger partial charge in [-0.1, -0.05) is 42.0 Å². The molecule has 1 N–H and O–H groups in total. The minimum Gasteiger partial charge on any atom is -0.345 e. The number of benzene rings is 2. The molecule has 0 heterocycles. The molecule has 2 aromatic rings. The van der Waals surface area contributed by atoms with Crippen molar-refractivity contribution < 1.29 is 9.18 Å². The van der Waals surface area contributed by atoms with Crippen molar-refractivity contribution in [3.05, 3.63) is 70.5 Å². The van der Waals surface area contributed by atoms with Crippen molar-refractivity contribution in [3.63, 3.8) is 0 Å². The number of carbonyl (C=O) groups is 1. The number of amides is 1. The van der Waals surface area contributed by atoms with Gasteiger partial charge in [-0.3, -0.25) is 4.79 Å². The lowest BCUT2D eigenvalue weighted by molar-refractivity contribution is 0.0935. The van der Waals surface area contributed by atoms with Gasteiger partial charge in [0.25, 0.3) is 5.91 Å². The summed E-state index contributed by atoms with van der Waals surface area (Å²) in [5.41, 5.74) is 2.72. The van der Waals surface area contributed by atoms with Crippen molar-refractivity contribution in [2.24, 2.45) is 0 Å². The normalized spacial score (nSPS) is 12.0. The van der Waals surface area contributed by atoms with Crippen molar-refractivity contribution in [3.8, 4) is 0 Å². The zero-order valence-electron chi connectivity index (χ0n) is 11.9. The Morgan fingerprint density at radius 3 is 2.40 bits per heavy atom. The topological polar surface area (TPSA) is 29.1 Å². The maximum Gasteiger partial charge on any atom is 0.254 e. The van der Waals surface area contributed by atoms with Crippen LogP contribution in [-0.4, -0.2) is 5.91 Å². The predicted octanol–water partition coefficient (Wildman–Crippen LogP) is 3.93. The molecule has 0 fully saturated rings. The predicted molar refractivity (Wildman–Crippen MR) is 78.2 cm³/mol. The minimum absolute atomic E-state index is 0.0870. The third kappa shape index (κ3) is 3.05. The molecule has 0 spiro atoms. The zero-order chi connectivity index (χ0) is 14.7. The highest BCUT2D eigenvalue weighted by Crippen LogP contribution is 2.16. The average molecular weight is 271 g/mol. The van der Waals surface area contributed by atoms with Crippen LogP contribution >= 0.6 is 0 Å². The Morgan fingerprint density at radius 2 is 1.75 bits per heavy atom. The van der Waals surface area contributed by atoms with E-state index in [0.717, 1.165) is 11.1 Å². The van der Waals surface area contributed by atoms with E-state index in [9.17, 15) is 9.18 Å². The largest absolute Gasteiger partial charge is 0.345 e. The fourth-order valence-corrected chi connectivity index (χ4v) is 2.04. The van der Waals surface area contributed by atoms with Gasteiger partial charge in [0.15, 0.2) is 0 Å². The van der Waals surface area contributed by atoms with Gasteiger partial charge < -0.3 is 5.32 Å². The number of hydrogen-bond donors (Lipinski definition) is 1. The van der Waals surface area contributed by atoms with Crippen molar-refractivity contribution in [2.75, 3.05) is 0 Å². The maximum atomic E-state index is 13.9. The first-order chi connectivity index (χ1) is 9.49. The summed E-state index contributed by atoms with van der Waals surface area (Å²) in [6, 6.07) is 12.6. The van der Waals surface area contributed by atoms with Gasteiger partial charge >= 0.3 is 0 Å². The monoisotopic (exact) mass is 271 g/mol. The number of halogens is 1. The molecule has 1 amide bonds. The van der Waals surface area contributed by atoms with Crippen molar-refractivity contribution in [1.82, 2.24) is 5.32 Å². The Labute approximate surface area is 118 Å². The Bertz CT molecular complexity index is 619. The maximum absolute atomic E-state index is 13.9. The number of carbonyl (C=O) groups excluding carboxylic acids is 1. The van der Waals surface area contributed by atoms with Crippen LogP contribution in [0.1, 0.15) is 40.0 Å². The summed E-state index contributed by atoms with van der Waals surface area (Å²) in [5, 5.41) is 2.82. The number of nitrogens with one attached hydrogen (secondary N) is 1. The quantitative estimate of drug-likeness (QED) is 0.900. The van der Waals surface area contributed by atoms with E-state index in [1.165, 1.54) is 6.07 Å². The van der Waals surface area contributed by atoms with Gasteiger partial charge in [-0.25, -0.2) is 4.39 Å². The highest BCUT2D eigenvalue weighted by molar-refractivity contribution is 5.94. The molecule has 0 saturated carbocycles. The SMILES string of the molecule is Cc1ccc(C(C)NC(=O)c2cccc(C)c2F)cc1. The molecule has 3 heteroatoms. The van der Waals surface area contributed by atoms with Crippen LogP contribution in [0.2, 0.25) is 0 Å². The molecule has 0 aliphatic heterocycles. The molecule has 1 atom stereocenters. The van der Waals surface area contributed by atoms with E-state index in [1.54, 1.807) is 19.1 Å². The van der Waals surface area contributed by atoms with E-state index in [-0.39, 0.29) is 17.5 Å². The third-order valence-electron chi connectivity index (χ3n) is 3.36. The van der Waals surface area contributed by atoms with Crippen molar-refractivity contribution in [2.45, 2.75) is 26.8 Å². The minimum atomic E-state index is -0.457. The van der Waals surface area contributed by atoms with Gasteiger partial charge in [0.1, 0.15) is 5.82 Å². The highest BCUT2D eigenvalue weighted by atomic mass is 19.1. The molecule has 0 saturated heterocycles. The molecule has 0 bridgehead atoms. The molecule has 2 nitrogen and oxygen atoms in total. The summed E-state index contributed by atoms with van der Waals surface area (Å²) in [7, 11) is 0. The highest BCUT2D eigenvalue weighted by Gasteiger charge is 2.15. The van der Waals surface area contributed by atoms with Crippen LogP contribution in [0.15, 0.2) is 42.5 Å². The van der Waals surface area contributed by atoms with E-state index >= 15 is 0 Å². The van der Waals surface area contributed by atoms with Gasteiger partial charge in [0, 0.05) is 0 Å². The summed E-state index contributed by atoms with van der Waals surface area (Å²) in [6.07, 6.45) is 0. The first kappa shape index (κ1) is 14.3. The van der Waals surface area contributed by atoms with Crippen LogP contribution in [0.25, 0.3) is 0 Å². The summed E-state index contributed by atoms with van der Waals surface area (Å²) < 4.78 is 13.9. The molecule has 1 unspecified atom stereocenters. The first-order valence-corrected chi connectivity index (χ1v) is 6.61. The fraction of sp³-hybridized carbons (Fsp3) is 0.235. The fourth-order valence-electron chi connectivity index (χ4n) is 2.04. The van der Waals surface area contributed by atoms with Gasteiger partial charge in [0.2, 0.25) is 0 Å². The Balaban J connectivity index is 2.15. The molecule has 2 rings (SSSR count). The van der Waals surface area contributed by atoms with Crippen LogP contribution in [0.4, 0.5) is 4.39 Å². The summed E-state index contributed by atoms with van der Waals surface area (Å²) >= 11 is 0. The molecular formula is C17H18FNO. The second kappa shape index (κ2) is 5.87. The molecule has 0 aliphatic carbocycles. The number of aryl methyl sites for hydroxylation is 2. The van der Waals surface area contributed by atoms with E-state index < -0.39 is 5.82 Å². The lowest BCUT2D eigenvalue weighted by Crippen LogP contribution is -2.27. The van der Waals surface area contributed by atoms with Gasteiger partial charge in [-0.05, 0) is 38.0 Å². The molecular weight excluding hydrogens is 253 g/mol. The van der Waals surface area contributed by atoms with Crippen molar-refractivity contribution in [1.29, 1.82) is 0 Å². The van der Waals surface area contributed by atoms with Crippen LogP contribution < -0.4 is 5.32 Å². The Hall–Kier alpha value is -2.16. The van der Waals surface area contributed by atoms with Crippen LogP contribution in [-0.2, 0) is 0 Å². The standard InChI is InChI=1S/C17H18FNO/c1-11-7-9-14(10-8-11)13(3)19-17(20)15-6-4-5-12(2)16(15)18/h4-10,13H,1-3H3,(H,19,20). The van der Waals surface area contributed by atoms with E-state index in [0.29, 0.717) is 5.56 Å². The van der Waals surface area contributed by atoms with Gasteiger partial charge in [-0.15, -0.1) is 0 Å². The summed E-state index contributed by atoms with van der Waals surface area (Å²) in [5.74, 6) is -0.847. The molecule has 0 aliphatic rings. The second-order valence-electron chi connectivity index (χ2n) is 5.04. The third-order valence-corrected chi connectivity index (χ3v) is 3.36. The number of hydrogen-bond acceptors (Lipinski definition) is 1. The van der Waals surface area contributed by atoms with Gasteiger partial charge in [-0.2, -0.15) is 0 Å². The van der Waals surface area contributed by atoms with E-state index in [4.69, 9.17) is 0 Å². The van der Waals surface area contributed by atoms with Crippen LogP contribution in [0.3, 0.4) is 0 Å². The Morgan fingerprint density at radius 1 is 1.10 bits per heavy atom. The van der Waals surface area contributed by atoms with E-state index in [1.807, 2.05) is 38.1 Å². The molecule has 0 aromatic heterocycles. The molecule has 20 heavy (non-hydrogen) atoms. The lowest BCUT2D eigenvalue weighted by atomic mass is 10.1. The zero-order valence-corrected chi connectivity index (χ0v) is 11.9. The van der Waals surface area contributed by atoms with Crippen LogP contribution in [0, 0.1) is 19.7 Å². The second-order valence-corrected chi connectivity index (χ2v) is 5.04. The summed E-state index contributed by atoms with van der Waals surface area (Å²) in [4.78, 5) is 12.1. The van der Waals surface area contributed by atoms with Crippen molar-refractivity contribution >= 4 is 5.91 Å². The first-order valence-electron chi connectivity index (χ1n) is 6.61. The molecule has 2 aromatic carbocycles. The number of rotatable bonds is 3. The van der Waals surface area contributed by atoms with Crippen LogP contribution in [0.5, 0.6) is 0 Å². The summed E-state index contributed by atoms with van der Waals surface area (Å²) in [6.45, 7) is 5.54. The van der Waals surface area contributed by atoms with Gasteiger partial charge in [0.05, 0.1) is 11.6 Å².